The summed E-state index contributed by atoms with van der Waals surface area (Å²) in [4.78, 5) is 18.2. The van der Waals surface area contributed by atoms with Crippen LogP contribution in [0, 0.1) is 0 Å². The number of benzene rings is 1. The molecule has 1 aromatic carbocycles. The topological polar surface area (TPSA) is 101 Å². The molecule has 0 spiro atoms. The molecule has 0 N–H and O–H groups in total. The Hall–Kier alpha value is -2.26. The number of pyridine rings is 1. The van der Waals surface area contributed by atoms with Gasteiger partial charge in [-0.25, -0.2) is 16.8 Å². The average Bonchev–Trinajstić information content (AvgIpc) is 3.07. The summed E-state index contributed by atoms with van der Waals surface area (Å²) in [6.45, 7) is 0.473. The molecule has 2 aromatic rings. The number of aromatic nitrogens is 1. The predicted molar refractivity (Wildman–Crippen MR) is 106 cm³/mol. The molecule has 2 heterocycles. The third kappa shape index (κ3) is 4.59. The molecule has 28 heavy (non-hydrogen) atoms. The Morgan fingerprint density at radius 2 is 1.93 bits per heavy atom. The van der Waals surface area contributed by atoms with Crippen molar-refractivity contribution in [2.24, 2.45) is 0 Å². The van der Waals surface area contributed by atoms with Gasteiger partial charge in [0, 0.05) is 31.5 Å². The van der Waals surface area contributed by atoms with Crippen molar-refractivity contribution in [1.29, 1.82) is 0 Å². The van der Waals surface area contributed by atoms with Crippen LogP contribution in [0.5, 0.6) is 0 Å². The van der Waals surface area contributed by atoms with Gasteiger partial charge in [0.25, 0.3) is 5.91 Å². The van der Waals surface area contributed by atoms with Gasteiger partial charge >= 0.3 is 0 Å². The highest BCUT2D eigenvalue weighted by molar-refractivity contribution is 7.96. The summed E-state index contributed by atoms with van der Waals surface area (Å²) >= 11 is 0. The van der Waals surface area contributed by atoms with Crippen molar-refractivity contribution < 1.29 is 21.6 Å². The number of hydrogen-bond donors (Lipinski definition) is 0. The van der Waals surface area contributed by atoms with Gasteiger partial charge in [-0.05, 0) is 48.7 Å². The van der Waals surface area contributed by atoms with Gasteiger partial charge in [0.1, 0.15) is 0 Å². The SMILES string of the molecule is CN(CCc1ccncc1)C(=O)c1cccc(S(=O)(=O)C2CCS(=O)(=O)C2)c1. The lowest BCUT2D eigenvalue weighted by molar-refractivity contribution is 0.0796. The zero-order valence-corrected chi connectivity index (χ0v) is 17.1. The maximum Gasteiger partial charge on any atom is 0.253 e. The van der Waals surface area contributed by atoms with E-state index in [-0.39, 0.29) is 34.3 Å². The van der Waals surface area contributed by atoms with Crippen molar-refractivity contribution >= 4 is 25.6 Å². The molecular formula is C19H22N2O5S2. The molecule has 9 heteroatoms. The first-order valence-corrected chi connectivity index (χ1v) is 12.2. The molecule has 0 bridgehead atoms. The molecule has 1 atom stereocenters. The Labute approximate surface area is 165 Å². The molecule has 150 valence electrons. The smallest absolute Gasteiger partial charge is 0.253 e. The molecule has 1 fully saturated rings. The van der Waals surface area contributed by atoms with Crippen LogP contribution in [0.25, 0.3) is 0 Å². The lowest BCUT2D eigenvalue weighted by atomic mass is 10.1. The Balaban J connectivity index is 1.74. The number of rotatable bonds is 6. The maximum absolute atomic E-state index is 12.8. The zero-order valence-electron chi connectivity index (χ0n) is 15.5. The van der Waals surface area contributed by atoms with E-state index in [0.717, 1.165) is 5.56 Å². The minimum Gasteiger partial charge on any atom is -0.341 e. The van der Waals surface area contributed by atoms with Crippen molar-refractivity contribution in [3.8, 4) is 0 Å². The van der Waals surface area contributed by atoms with Gasteiger partial charge in [-0.3, -0.25) is 9.78 Å². The summed E-state index contributed by atoms with van der Waals surface area (Å²) in [7, 11) is -5.46. The second-order valence-electron chi connectivity index (χ2n) is 6.93. The molecule has 1 aliphatic rings. The molecular weight excluding hydrogens is 400 g/mol. The van der Waals surface area contributed by atoms with Gasteiger partial charge < -0.3 is 4.90 Å². The fraction of sp³-hybridized carbons (Fsp3) is 0.368. The minimum absolute atomic E-state index is 0.0111. The van der Waals surface area contributed by atoms with E-state index in [4.69, 9.17) is 0 Å². The minimum atomic E-state index is -3.80. The van der Waals surface area contributed by atoms with Gasteiger partial charge in [-0.2, -0.15) is 0 Å². The lowest BCUT2D eigenvalue weighted by Crippen LogP contribution is -2.29. The Morgan fingerprint density at radius 1 is 1.21 bits per heavy atom. The largest absolute Gasteiger partial charge is 0.341 e. The number of carbonyl (C=O) groups excluding carboxylic acids is 1. The fourth-order valence-corrected chi connectivity index (χ4v) is 7.58. The van der Waals surface area contributed by atoms with E-state index in [1.807, 2.05) is 12.1 Å². The van der Waals surface area contributed by atoms with E-state index in [9.17, 15) is 21.6 Å². The summed E-state index contributed by atoms with van der Waals surface area (Å²) in [5.74, 6) is -0.766. The van der Waals surface area contributed by atoms with Gasteiger partial charge in [-0.1, -0.05) is 6.07 Å². The third-order valence-electron chi connectivity index (χ3n) is 4.87. The van der Waals surface area contributed by atoms with E-state index in [2.05, 4.69) is 4.98 Å². The monoisotopic (exact) mass is 422 g/mol. The van der Waals surface area contributed by atoms with E-state index in [1.165, 1.54) is 23.1 Å². The van der Waals surface area contributed by atoms with Crippen LogP contribution in [0.1, 0.15) is 22.3 Å². The molecule has 1 aliphatic heterocycles. The van der Waals surface area contributed by atoms with Crippen molar-refractivity contribution in [2.45, 2.75) is 23.0 Å². The van der Waals surface area contributed by atoms with Crippen LogP contribution in [0.3, 0.4) is 0 Å². The normalized spacial score (nSPS) is 18.7. The van der Waals surface area contributed by atoms with Crippen LogP contribution < -0.4 is 0 Å². The summed E-state index contributed by atoms with van der Waals surface area (Å²) in [6.07, 6.45) is 4.13. The molecule has 3 rings (SSSR count). The number of amides is 1. The summed E-state index contributed by atoms with van der Waals surface area (Å²) in [5.41, 5.74) is 1.31. The summed E-state index contributed by atoms with van der Waals surface area (Å²) < 4.78 is 48.9. The van der Waals surface area contributed by atoms with Crippen molar-refractivity contribution in [3.63, 3.8) is 0 Å². The Morgan fingerprint density at radius 3 is 2.57 bits per heavy atom. The Bertz CT molecular complexity index is 1070. The van der Waals surface area contributed by atoms with Gasteiger partial charge in [0.15, 0.2) is 19.7 Å². The second-order valence-corrected chi connectivity index (χ2v) is 11.4. The van der Waals surface area contributed by atoms with Crippen molar-refractivity contribution in [1.82, 2.24) is 9.88 Å². The van der Waals surface area contributed by atoms with Crippen LogP contribution in [-0.4, -0.2) is 63.0 Å². The first kappa shape index (κ1) is 20.5. The number of hydrogen-bond acceptors (Lipinski definition) is 6. The number of nitrogens with zero attached hydrogens (tertiary/aromatic N) is 2. The van der Waals surface area contributed by atoms with E-state index in [1.54, 1.807) is 25.5 Å². The maximum atomic E-state index is 12.8. The predicted octanol–water partition coefficient (Wildman–Crippen LogP) is 1.36. The van der Waals surface area contributed by atoms with Crippen molar-refractivity contribution in [3.05, 3.63) is 59.9 Å². The van der Waals surface area contributed by atoms with Crippen LogP contribution in [0.4, 0.5) is 0 Å². The molecule has 0 saturated carbocycles. The fourth-order valence-electron chi connectivity index (χ4n) is 3.17. The molecule has 1 saturated heterocycles. The summed E-state index contributed by atoms with van der Waals surface area (Å²) in [5, 5.41) is -0.952. The van der Waals surface area contributed by atoms with E-state index < -0.39 is 24.9 Å². The first-order chi connectivity index (χ1) is 13.2. The van der Waals surface area contributed by atoms with Crippen molar-refractivity contribution in [2.75, 3.05) is 25.1 Å². The Kier molecular flexibility index (Phi) is 5.85. The standard InChI is InChI=1S/C19H22N2O5S2/c1-21(11-7-15-5-9-20-10-6-15)19(22)16-3-2-4-17(13-16)28(25,26)18-8-12-27(23,24)14-18/h2-6,9-10,13,18H,7-8,11-12,14H2,1H3. The zero-order chi connectivity index (χ0) is 20.4. The van der Waals surface area contributed by atoms with Gasteiger partial charge in [0.2, 0.25) is 0 Å². The highest BCUT2D eigenvalue weighted by atomic mass is 32.2. The molecule has 1 aromatic heterocycles. The third-order valence-corrected chi connectivity index (χ3v) is 9.04. The summed E-state index contributed by atoms with van der Waals surface area (Å²) in [6, 6.07) is 9.58. The van der Waals surface area contributed by atoms with Crippen LogP contribution >= 0.6 is 0 Å². The average molecular weight is 423 g/mol. The van der Waals surface area contributed by atoms with E-state index in [0.29, 0.717) is 13.0 Å². The first-order valence-electron chi connectivity index (χ1n) is 8.88. The highest BCUT2D eigenvalue weighted by Crippen LogP contribution is 2.26. The second kappa shape index (κ2) is 8.00. The van der Waals surface area contributed by atoms with Gasteiger partial charge in [0.05, 0.1) is 21.7 Å². The highest BCUT2D eigenvalue weighted by Gasteiger charge is 2.38. The molecule has 0 radical (unpaired) electrons. The van der Waals surface area contributed by atoms with Gasteiger partial charge in [-0.15, -0.1) is 0 Å². The van der Waals surface area contributed by atoms with Crippen LogP contribution in [0.2, 0.25) is 0 Å². The van der Waals surface area contributed by atoms with Crippen LogP contribution in [-0.2, 0) is 26.1 Å². The quantitative estimate of drug-likeness (QED) is 0.697. The molecule has 1 amide bonds. The van der Waals surface area contributed by atoms with Crippen LogP contribution in [0.15, 0.2) is 53.7 Å². The lowest BCUT2D eigenvalue weighted by Gasteiger charge is -2.18. The molecule has 1 unspecified atom stereocenters. The molecule has 7 nitrogen and oxygen atoms in total. The van der Waals surface area contributed by atoms with E-state index >= 15 is 0 Å². The molecule has 0 aliphatic carbocycles. The number of sulfone groups is 2. The number of carbonyl (C=O) groups is 1. The number of likely N-dealkylation sites (N-methyl/N-ethyl adjacent to an activating group) is 1.